The third kappa shape index (κ3) is 5.37. The van der Waals surface area contributed by atoms with E-state index in [1.165, 1.54) is 19.2 Å². The number of carbonyl (C=O) groups is 1. The molecular formula is C23H27F3N5O4S+. The Morgan fingerprint density at radius 3 is 2.47 bits per heavy atom. The molecule has 13 heteroatoms. The van der Waals surface area contributed by atoms with E-state index >= 15 is 0 Å². The van der Waals surface area contributed by atoms with Crippen LogP contribution < -0.4 is 20.5 Å². The van der Waals surface area contributed by atoms with Crippen LogP contribution in [0.5, 0.6) is 5.75 Å². The Balaban J connectivity index is 1.66. The highest BCUT2D eigenvalue weighted by Crippen LogP contribution is 2.37. The summed E-state index contributed by atoms with van der Waals surface area (Å²) in [5, 5.41) is 3.19. The Morgan fingerprint density at radius 2 is 1.89 bits per heavy atom. The molecule has 0 aliphatic heterocycles. The number of alkyl halides is 3. The van der Waals surface area contributed by atoms with E-state index in [0.29, 0.717) is 23.8 Å². The predicted molar refractivity (Wildman–Crippen MR) is 129 cm³/mol. The van der Waals surface area contributed by atoms with E-state index in [9.17, 15) is 22.2 Å². The van der Waals surface area contributed by atoms with E-state index in [2.05, 4.69) is 20.0 Å². The SMILES string of the molecule is COc1ccc(-c2nc(C(=O)NC3CC(N[S+](C)(C)=O)C3)c([C@H](C)N)o2)c2ccc(C(F)(F)F)nc12. The lowest BCUT2D eigenvalue weighted by atomic mass is 9.87. The zero-order chi connectivity index (χ0) is 26.4. The normalized spacial score (nSPS) is 19.1. The molecular weight excluding hydrogens is 499 g/mol. The van der Waals surface area contributed by atoms with E-state index in [1.807, 2.05) is 0 Å². The van der Waals surface area contributed by atoms with Gasteiger partial charge in [-0.3, -0.25) is 4.79 Å². The van der Waals surface area contributed by atoms with E-state index in [1.54, 1.807) is 25.5 Å². The van der Waals surface area contributed by atoms with Crippen LogP contribution in [0.3, 0.4) is 0 Å². The topological polar surface area (TPSA) is 132 Å². The molecule has 4 N–H and O–H groups in total. The van der Waals surface area contributed by atoms with Crippen molar-refractivity contribution in [3.63, 3.8) is 0 Å². The Bertz CT molecular complexity index is 1350. The monoisotopic (exact) mass is 526 g/mol. The third-order valence-corrected chi connectivity index (χ3v) is 6.67. The van der Waals surface area contributed by atoms with Crippen LogP contribution in [0.4, 0.5) is 13.2 Å². The molecule has 1 aromatic carbocycles. The number of carbonyl (C=O) groups excluding carboxylic acids is 1. The number of ether oxygens (including phenoxy) is 1. The number of nitrogens with two attached hydrogens (primary N) is 1. The average Bonchev–Trinajstić information content (AvgIpc) is 3.20. The summed E-state index contributed by atoms with van der Waals surface area (Å²) in [5.74, 6) is -0.171. The third-order valence-electron chi connectivity index (χ3n) is 5.77. The Morgan fingerprint density at radius 1 is 1.19 bits per heavy atom. The van der Waals surface area contributed by atoms with Gasteiger partial charge in [-0.05, 0) is 44.0 Å². The summed E-state index contributed by atoms with van der Waals surface area (Å²) in [4.78, 5) is 21.1. The Hall–Kier alpha value is -3.03. The van der Waals surface area contributed by atoms with E-state index < -0.39 is 33.9 Å². The second-order valence-electron chi connectivity index (χ2n) is 9.12. The second kappa shape index (κ2) is 9.45. The molecule has 2 aromatic heterocycles. The van der Waals surface area contributed by atoms with Crippen molar-refractivity contribution in [2.24, 2.45) is 5.73 Å². The summed E-state index contributed by atoms with van der Waals surface area (Å²) in [7, 11) is -0.769. The molecule has 0 unspecified atom stereocenters. The summed E-state index contributed by atoms with van der Waals surface area (Å²) >= 11 is 0. The number of hydrogen-bond acceptors (Lipinski definition) is 7. The van der Waals surface area contributed by atoms with Crippen molar-refractivity contribution >= 4 is 26.9 Å². The molecule has 1 saturated carbocycles. The minimum absolute atomic E-state index is 0.00460. The van der Waals surface area contributed by atoms with Crippen LogP contribution in [0.25, 0.3) is 22.4 Å². The molecule has 1 fully saturated rings. The number of benzene rings is 1. The standard InChI is InChI=1S/C23H26F3N5O4S/c1-11(27)20-19(21(32)28-12-9-13(10-12)31-36(3,4)33)30-22(35-20)15-5-7-16(34-2)18-14(15)6-8-17(29-18)23(24,25)26/h5-8,11-13H,9-10,27H2,1-4H3,(H-,28,31,32,33)/p+1/t11-,12?,13?/m0/s1. The van der Waals surface area contributed by atoms with Gasteiger partial charge in [0.1, 0.15) is 39.6 Å². The van der Waals surface area contributed by atoms with Gasteiger partial charge in [-0.25, -0.2) is 9.97 Å². The molecule has 36 heavy (non-hydrogen) atoms. The van der Waals surface area contributed by atoms with Crippen molar-refractivity contribution < 1.29 is 31.3 Å². The number of amides is 1. The first-order chi connectivity index (χ1) is 16.8. The van der Waals surface area contributed by atoms with E-state index in [-0.39, 0.29) is 40.7 Å². The number of rotatable bonds is 7. The Labute approximate surface area is 206 Å². The zero-order valence-corrected chi connectivity index (χ0v) is 20.9. The van der Waals surface area contributed by atoms with Crippen molar-refractivity contribution in [2.45, 2.75) is 44.1 Å². The minimum atomic E-state index is -4.63. The molecule has 0 radical (unpaired) electrons. The number of pyridine rings is 1. The average molecular weight is 527 g/mol. The largest absolute Gasteiger partial charge is 0.494 e. The molecule has 9 nitrogen and oxygen atoms in total. The predicted octanol–water partition coefficient (Wildman–Crippen LogP) is 3.46. The molecule has 0 saturated heterocycles. The maximum Gasteiger partial charge on any atom is 0.433 e. The van der Waals surface area contributed by atoms with E-state index in [4.69, 9.17) is 14.9 Å². The highest BCUT2D eigenvalue weighted by Gasteiger charge is 2.36. The number of hydrogen-bond donors (Lipinski definition) is 3. The van der Waals surface area contributed by atoms with Crippen LogP contribution in [0.1, 0.15) is 47.7 Å². The van der Waals surface area contributed by atoms with Crippen LogP contribution in [-0.2, 0) is 20.5 Å². The molecule has 0 bridgehead atoms. The Kier molecular flexibility index (Phi) is 6.84. The van der Waals surface area contributed by atoms with Crippen LogP contribution in [0.2, 0.25) is 0 Å². The van der Waals surface area contributed by atoms with Gasteiger partial charge < -0.3 is 20.2 Å². The second-order valence-corrected chi connectivity index (χ2v) is 11.8. The lowest BCUT2D eigenvalue weighted by Crippen LogP contribution is -2.54. The maximum atomic E-state index is 13.2. The summed E-state index contributed by atoms with van der Waals surface area (Å²) in [6.45, 7) is 1.63. The molecule has 0 spiro atoms. The number of fused-ring (bicyclic) bond motifs is 1. The first-order valence-electron chi connectivity index (χ1n) is 11.1. The van der Waals surface area contributed by atoms with Crippen molar-refractivity contribution in [2.75, 3.05) is 19.6 Å². The van der Waals surface area contributed by atoms with Gasteiger partial charge in [-0.15, -0.1) is 4.72 Å². The van der Waals surface area contributed by atoms with Crippen LogP contribution in [0, 0.1) is 0 Å². The van der Waals surface area contributed by atoms with Gasteiger partial charge in [0.2, 0.25) is 5.89 Å². The fourth-order valence-electron chi connectivity index (χ4n) is 4.11. The van der Waals surface area contributed by atoms with Gasteiger partial charge in [0, 0.05) is 17.0 Å². The summed E-state index contributed by atoms with van der Waals surface area (Å²) in [5.41, 5.74) is 5.27. The highest BCUT2D eigenvalue weighted by atomic mass is 32.3. The van der Waals surface area contributed by atoms with Gasteiger partial charge in [0.05, 0.1) is 19.2 Å². The maximum absolute atomic E-state index is 13.2. The number of nitrogens with zero attached hydrogens (tertiary/aromatic N) is 2. The summed E-state index contributed by atoms with van der Waals surface area (Å²) in [6.07, 6.45) is -0.176. The molecule has 4 rings (SSSR count). The fraction of sp³-hybridized carbons (Fsp3) is 0.435. The van der Waals surface area contributed by atoms with Crippen molar-refractivity contribution in [3.05, 3.63) is 41.4 Å². The highest BCUT2D eigenvalue weighted by molar-refractivity contribution is 7.99. The summed E-state index contributed by atoms with van der Waals surface area (Å²) in [6, 6.07) is 4.39. The van der Waals surface area contributed by atoms with Crippen LogP contribution >= 0.6 is 0 Å². The molecule has 2 heterocycles. The number of methoxy groups -OCH3 is 1. The number of halogens is 3. The van der Waals surface area contributed by atoms with E-state index in [0.717, 1.165) is 6.07 Å². The zero-order valence-electron chi connectivity index (χ0n) is 20.1. The van der Waals surface area contributed by atoms with Gasteiger partial charge >= 0.3 is 6.18 Å². The lowest BCUT2D eigenvalue weighted by Gasteiger charge is -2.34. The minimum Gasteiger partial charge on any atom is -0.494 e. The number of nitrogens with one attached hydrogen (secondary N) is 2. The smallest absolute Gasteiger partial charge is 0.433 e. The fourth-order valence-corrected chi connectivity index (χ4v) is 5.10. The molecule has 1 aliphatic carbocycles. The lowest BCUT2D eigenvalue weighted by molar-refractivity contribution is -0.140. The van der Waals surface area contributed by atoms with Crippen molar-refractivity contribution in [3.8, 4) is 17.2 Å². The number of aromatic nitrogens is 2. The van der Waals surface area contributed by atoms with Gasteiger partial charge in [-0.1, -0.05) is 4.21 Å². The van der Waals surface area contributed by atoms with Gasteiger partial charge in [0.15, 0.2) is 11.5 Å². The van der Waals surface area contributed by atoms with Crippen molar-refractivity contribution in [1.29, 1.82) is 0 Å². The first kappa shape index (κ1) is 26.0. The van der Waals surface area contributed by atoms with Crippen LogP contribution in [0.15, 0.2) is 28.7 Å². The first-order valence-corrected chi connectivity index (χ1v) is 13.5. The van der Waals surface area contributed by atoms with Gasteiger partial charge in [0.25, 0.3) is 5.91 Å². The molecule has 3 aromatic rings. The quantitative estimate of drug-likeness (QED) is 0.402. The number of oxazole rings is 1. The van der Waals surface area contributed by atoms with Gasteiger partial charge in [-0.2, -0.15) is 13.2 Å². The van der Waals surface area contributed by atoms with Crippen LogP contribution in [-0.4, -0.2) is 47.6 Å². The molecule has 1 amide bonds. The van der Waals surface area contributed by atoms with Crippen molar-refractivity contribution in [1.82, 2.24) is 20.0 Å². The molecule has 1 aliphatic rings. The molecule has 1 atom stereocenters. The summed E-state index contributed by atoms with van der Waals surface area (Å²) < 4.78 is 65.7. The molecule has 194 valence electrons.